The van der Waals surface area contributed by atoms with Gasteiger partial charge in [-0.3, -0.25) is 19.4 Å². The number of nitrogens with zero attached hydrogens (tertiary/aromatic N) is 6. The molecule has 3 aliphatic rings. The van der Waals surface area contributed by atoms with Crippen molar-refractivity contribution in [3.05, 3.63) is 20.8 Å². The minimum absolute atomic E-state index is 0.276. The molecule has 0 amide bonds. The quantitative estimate of drug-likeness (QED) is 0.722. The standard InChI is InChI=1S/C19H29N7O3/c1-22-16-15(17(27)23(2)19(22)28)25(18(21-16)24-7-9-29-10-8-24)12-13-11-20-26-6-4-3-5-14(13)26/h13-14,20H,3-12H2,1-2H3. The number of imidazole rings is 1. The third-order valence-electron chi connectivity index (χ3n) is 6.69. The van der Waals surface area contributed by atoms with E-state index in [1.807, 2.05) is 0 Å². The molecule has 0 aliphatic carbocycles. The molecule has 2 aromatic heterocycles. The number of piperidine rings is 1. The highest BCUT2D eigenvalue weighted by molar-refractivity contribution is 5.74. The molecule has 0 bridgehead atoms. The van der Waals surface area contributed by atoms with Crippen LogP contribution in [-0.2, 0) is 25.4 Å². The van der Waals surface area contributed by atoms with E-state index in [9.17, 15) is 9.59 Å². The molecule has 3 aliphatic heterocycles. The van der Waals surface area contributed by atoms with Crippen molar-refractivity contribution < 1.29 is 4.74 Å². The fourth-order valence-corrected chi connectivity index (χ4v) is 5.05. The van der Waals surface area contributed by atoms with E-state index in [4.69, 9.17) is 9.72 Å². The number of anilines is 1. The Hall–Kier alpha value is -2.17. The van der Waals surface area contributed by atoms with Crippen molar-refractivity contribution in [2.24, 2.45) is 20.0 Å². The molecule has 10 nitrogen and oxygen atoms in total. The van der Waals surface area contributed by atoms with Crippen molar-refractivity contribution in [1.82, 2.24) is 29.1 Å². The summed E-state index contributed by atoms with van der Waals surface area (Å²) in [6, 6.07) is 0.482. The van der Waals surface area contributed by atoms with E-state index in [-0.39, 0.29) is 11.2 Å². The van der Waals surface area contributed by atoms with Crippen molar-refractivity contribution in [2.45, 2.75) is 31.8 Å². The molecule has 3 fully saturated rings. The van der Waals surface area contributed by atoms with Gasteiger partial charge in [-0.2, -0.15) is 4.98 Å². The molecular weight excluding hydrogens is 374 g/mol. The van der Waals surface area contributed by atoms with Gasteiger partial charge in [0.05, 0.1) is 13.2 Å². The first kappa shape index (κ1) is 18.8. The number of fused-ring (bicyclic) bond motifs is 2. The first-order valence-electron chi connectivity index (χ1n) is 10.6. The first-order chi connectivity index (χ1) is 14.1. The number of nitrogens with one attached hydrogen (secondary N) is 1. The van der Waals surface area contributed by atoms with Crippen LogP contribution in [0.4, 0.5) is 5.95 Å². The smallest absolute Gasteiger partial charge is 0.332 e. The summed E-state index contributed by atoms with van der Waals surface area (Å²) in [6.07, 6.45) is 3.65. The second kappa shape index (κ2) is 7.26. The van der Waals surface area contributed by atoms with Crippen LogP contribution in [0.2, 0.25) is 0 Å². The maximum atomic E-state index is 13.1. The Morgan fingerprint density at radius 2 is 1.90 bits per heavy atom. The lowest BCUT2D eigenvalue weighted by Gasteiger charge is -2.32. The summed E-state index contributed by atoms with van der Waals surface area (Å²) in [4.78, 5) is 32.5. The molecule has 29 heavy (non-hydrogen) atoms. The highest BCUT2D eigenvalue weighted by Crippen LogP contribution is 2.30. The maximum Gasteiger partial charge on any atom is 0.332 e. The van der Waals surface area contributed by atoms with Gasteiger partial charge in [-0.15, -0.1) is 0 Å². The molecule has 2 unspecified atom stereocenters. The summed E-state index contributed by atoms with van der Waals surface area (Å²) in [5.41, 5.74) is 3.90. The first-order valence-corrected chi connectivity index (χ1v) is 10.6. The normalized spacial score (nSPS) is 25.7. The summed E-state index contributed by atoms with van der Waals surface area (Å²) >= 11 is 0. The van der Waals surface area contributed by atoms with E-state index in [1.165, 1.54) is 35.4 Å². The largest absolute Gasteiger partial charge is 0.378 e. The van der Waals surface area contributed by atoms with Crippen molar-refractivity contribution >= 4 is 17.1 Å². The van der Waals surface area contributed by atoms with E-state index in [1.54, 1.807) is 7.05 Å². The molecule has 3 saturated heterocycles. The minimum Gasteiger partial charge on any atom is -0.378 e. The molecule has 5 rings (SSSR count). The number of rotatable bonds is 3. The summed E-state index contributed by atoms with van der Waals surface area (Å²) in [7, 11) is 3.22. The maximum absolute atomic E-state index is 13.1. The number of aryl methyl sites for hydroxylation is 1. The molecule has 0 spiro atoms. The minimum atomic E-state index is -0.346. The van der Waals surface area contributed by atoms with Gasteiger partial charge in [0, 0.05) is 58.8 Å². The van der Waals surface area contributed by atoms with Crippen LogP contribution in [0.3, 0.4) is 0 Å². The second-order valence-electron chi connectivity index (χ2n) is 8.38. The predicted octanol–water partition coefficient (Wildman–Crippen LogP) is -0.741. The molecule has 1 N–H and O–H groups in total. The molecule has 0 saturated carbocycles. The highest BCUT2D eigenvalue weighted by atomic mass is 16.5. The Morgan fingerprint density at radius 1 is 1.10 bits per heavy atom. The number of hydrogen-bond acceptors (Lipinski definition) is 7. The molecule has 0 radical (unpaired) electrons. The predicted molar refractivity (Wildman–Crippen MR) is 109 cm³/mol. The number of hydrazine groups is 1. The van der Waals surface area contributed by atoms with E-state index >= 15 is 0 Å². The van der Waals surface area contributed by atoms with Gasteiger partial charge >= 0.3 is 5.69 Å². The molecule has 0 aromatic carbocycles. The van der Waals surface area contributed by atoms with Gasteiger partial charge in [0.2, 0.25) is 5.95 Å². The van der Waals surface area contributed by atoms with Gasteiger partial charge in [0.25, 0.3) is 5.56 Å². The lowest BCUT2D eigenvalue weighted by molar-refractivity contribution is 0.120. The van der Waals surface area contributed by atoms with Crippen LogP contribution in [0.25, 0.3) is 11.2 Å². The molecule has 2 atom stereocenters. The average molecular weight is 403 g/mol. The van der Waals surface area contributed by atoms with Crippen LogP contribution in [0.5, 0.6) is 0 Å². The monoisotopic (exact) mass is 403 g/mol. The van der Waals surface area contributed by atoms with Gasteiger partial charge in [0.15, 0.2) is 11.2 Å². The number of hydrogen-bond donors (Lipinski definition) is 1. The van der Waals surface area contributed by atoms with Crippen molar-refractivity contribution in [3.8, 4) is 0 Å². The van der Waals surface area contributed by atoms with E-state index < -0.39 is 0 Å². The molecule has 2 aromatic rings. The van der Waals surface area contributed by atoms with Crippen molar-refractivity contribution in [2.75, 3.05) is 44.3 Å². The van der Waals surface area contributed by atoms with Crippen molar-refractivity contribution in [1.29, 1.82) is 0 Å². The van der Waals surface area contributed by atoms with Crippen LogP contribution >= 0.6 is 0 Å². The Bertz CT molecular complexity index is 1030. The summed E-state index contributed by atoms with van der Waals surface area (Å²) < 4.78 is 10.2. The average Bonchev–Trinajstić information content (AvgIpc) is 3.34. The van der Waals surface area contributed by atoms with Gasteiger partial charge < -0.3 is 14.2 Å². The Morgan fingerprint density at radius 3 is 2.69 bits per heavy atom. The van der Waals surface area contributed by atoms with E-state index in [0.29, 0.717) is 42.9 Å². The Kier molecular flexibility index (Phi) is 4.72. The summed E-state index contributed by atoms with van der Waals surface area (Å²) in [5.74, 6) is 1.17. The number of ether oxygens (including phenoxy) is 1. The zero-order valence-electron chi connectivity index (χ0n) is 17.1. The fourth-order valence-electron chi connectivity index (χ4n) is 5.05. The van der Waals surface area contributed by atoms with Crippen LogP contribution < -0.4 is 21.6 Å². The molecule has 5 heterocycles. The Labute approximate surface area is 168 Å². The van der Waals surface area contributed by atoms with Crippen LogP contribution in [0.1, 0.15) is 19.3 Å². The fraction of sp³-hybridized carbons (Fsp3) is 0.737. The van der Waals surface area contributed by atoms with Crippen LogP contribution in [0, 0.1) is 5.92 Å². The number of morpholine rings is 1. The third kappa shape index (κ3) is 3.01. The zero-order valence-corrected chi connectivity index (χ0v) is 17.1. The molecule has 158 valence electrons. The van der Waals surface area contributed by atoms with Gasteiger partial charge in [-0.25, -0.2) is 9.80 Å². The van der Waals surface area contributed by atoms with Crippen LogP contribution in [-0.4, -0.2) is 69.1 Å². The van der Waals surface area contributed by atoms with Gasteiger partial charge in [0.1, 0.15) is 0 Å². The SMILES string of the molecule is Cn1c(=O)c2c(nc(N3CCOCC3)n2CC2CNN3CCCCC23)n(C)c1=O. The number of aromatic nitrogens is 4. The lowest BCUT2D eigenvalue weighted by atomic mass is 9.93. The Balaban J connectivity index is 1.63. The summed E-state index contributed by atoms with van der Waals surface area (Å²) in [6.45, 7) is 5.44. The van der Waals surface area contributed by atoms with Gasteiger partial charge in [-0.05, 0) is 12.8 Å². The second-order valence-corrected chi connectivity index (χ2v) is 8.38. The zero-order chi connectivity index (χ0) is 20.1. The molecule has 10 heteroatoms. The highest BCUT2D eigenvalue weighted by Gasteiger charge is 2.37. The van der Waals surface area contributed by atoms with Gasteiger partial charge in [-0.1, -0.05) is 6.42 Å². The van der Waals surface area contributed by atoms with E-state index in [0.717, 1.165) is 32.1 Å². The topological polar surface area (TPSA) is 89.6 Å². The third-order valence-corrected chi connectivity index (χ3v) is 6.69. The van der Waals surface area contributed by atoms with Crippen molar-refractivity contribution in [3.63, 3.8) is 0 Å². The summed E-state index contributed by atoms with van der Waals surface area (Å²) in [5, 5.41) is 2.37. The van der Waals surface area contributed by atoms with Crippen LogP contribution in [0.15, 0.2) is 9.59 Å². The van der Waals surface area contributed by atoms with E-state index in [2.05, 4.69) is 19.9 Å². The lowest BCUT2D eigenvalue weighted by Crippen LogP contribution is -2.42. The molecular formula is C19H29N7O3.